The van der Waals surface area contributed by atoms with Crippen molar-refractivity contribution in [2.45, 2.75) is 32.4 Å². The van der Waals surface area contributed by atoms with Crippen LogP contribution >= 0.6 is 23.1 Å². The van der Waals surface area contributed by atoms with E-state index < -0.39 is 0 Å². The van der Waals surface area contributed by atoms with Crippen LogP contribution in [0.15, 0.2) is 10.9 Å². The molecule has 0 aliphatic carbocycles. The number of hydrogen-bond donors (Lipinski definition) is 1. The van der Waals surface area contributed by atoms with Gasteiger partial charge in [0, 0.05) is 29.8 Å². The summed E-state index contributed by atoms with van der Waals surface area (Å²) >= 11 is 3.70. The van der Waals surface area contributed by atoms with Gasteiger partial charge in [0.25, 0.3) is 0 Å². The summed E-state index contributed by atoms with van der Waals surface area (Å²) in [6.45, 7) is 6.32. The number of aromatic nitrogens is 1. The van der Waals surface area contributed by atoms with Crippen LogP contribution in [-0.4, -0.2) is 40.5 Å². The molecule has 1 fully saturated rings. The zero-order valence-electron chi connectivity index (χ0n) is 11.5. The highest BCUT2D eigenvalue weighted by atomic mass is 32.2. The van der Waals surface area contributed by atoms with Crippen molar-refractivity contribution in [3.05, 3.63) is 16.6 Å². The Balaban J connectivity index is 2.11. The average molecular weight is 285 g/mol. The SMILES string of the molecule is CN(Cc1cscn1)C1(CN)CSCC(C)(C)C1. The van der Waals surface area contributed by atoms with Crippen LogP contribution in [0.4, 0.5) is 0 Å². The lowest BCUT2D eigenvalue weighted by Crippen LogP contribution is -2.58. The van der Waals surface area contributed by atoms with Crippen molar-refractivity contribution >= 4 is 23.1 Å². The molecule has 0 bridgehead atoms. The monoisotopic (exact) mass is 285 g/mol. The summed E-state index contributed by atoms with van der Waals surface area (Å²) in [6.07, 6.45) is 1.17. The maximum absolute atomic E-state index is 6.12. The molecular formula is C13H23N3S2. The van der Waals surface area contributed by atoms with Gasteiger partial charge < -0.3 is 5.73 Å². The first-order chi connectivity index (χ1) is 8.47. The highest BCUT2D eigenvalue weighted by molar-refractivity contribution is 7.99. The van der Waals surface area contributed by atoms with Crippen LogP contribution in [0.1, 0.15) is 26.0 Å². The molecule has 1 aliphatic rings. The summed E-state index contributed by atoms with van der Waals surface area (Å²) in [4.78, 5) is 6.79. The summed E-state index contributed by atoms with van der Waals surface area (Å²) < 4.78 is 0. The summed E-state index contributed by atoms with van der Waals surface area (Å²) in [5.41, 5.74) is 9.67. The van der Waals surface area contributed by atoms with Crippen molar-refractivity contribution in [2.24, 2.45) is 11.1 Å². The average Bonchev–Trinajstić information content (AvgIpc) is 2.80. The van der Waals surface area contributed by atoms with Crippen LogP contribution in [0.5, 0.6) is 0 Å². The Morgan fingerprint density at radius 3 is 2.78 bits per heavy atom. The third-order valence-electron chi connectivity index (χ3n) is 3.74. The molecule has 0 radical (unpaired) electrons. The third kappa shape index (κ3) is 3.07. The maximum Gasteiger partial charge on any atom is 0.0795 e. The molecule has 0 aromatic carbocycles. The van der Waals surface area contributed by atoms with Gasteiger partial charge >= 0.3 is 0 Å². The van der Waals surface area contributed by atoms with E-state index in [1.54, 1.807) is 11.3 Å². The minimum absolute atomic E-state index is 0.121. The first-order valence-electron chi connectivity index (χ1n) is 6.34. The summed E-state index contributed by atoms with van der Waals surface area (Å²) in [6, 6.07) is 0. The zero-order valence-corrected chi connectivity index (χ0v) is 13.1. The minimum atomic E-state index is 0.121. The standard InChI is InChI=1S/C13H23N3S2/c1-12(2)6-13(7-14,9-18-8-12)16(3)4-11-5-17-10-15-11/h5,10H,4,6-9,14H2,1-3H3. The molecule has 1 saturated heterocycles. The van der Waals surface area contributed by atoms with Gasteiger partial charge in [-0.3, -0.25) is 4.90 Å². The van der Waals surface area contributed by atoms with Gasteiger partial charge in [-0.25, -0.2) is 4.98 Å². The van der Waals surface area contributed by atoms with Crippen LogP contribution in [0.2, 0.25) is 0 Å². The largest absolute Gasteiger partial charge is 0.329 e. The smallest absolute Gasteiger partial charge is 0.0795 e. The molecule has 1 aliphatic heterocycles. The second-order valence-electron chi connectivity index (χ2n) is 6.10. The van der Waals surface area contributed by atoms with E-state index in [9.17, 15) is 0 Å². The number of hydrogen-bond acceptors (Lipinski definition) is 5. The molecule has 1 unspecified atom stereocenters. The highest BCUT2D eigenvalue weighted by Gasteiger charge is 2.42. The number of rotatable bonds is 4. The number of nitrogens with zero attached hydrogens (tertiary/aromatic N) is 2. The van der Waals surface area contributed by atoms with Crippen LogP contribution in [0, 0.1) is 5.41 Å². The normalized spacial score (nSPS) is 27.6. The second kappa shape index (κ2) is 5.49. The molecule has 102 valence electrons. The Bertz CT molecular complexity index is 378. The topological polar surface area (TPSA) is 42.2 Å². The van der Waals surface area contributed by atoms with Gasteiger partial charge in [-0.1, -0.05) is 13.8 Å². The van der Waals surface area contributed by atoms with E-state index in [2.05, 4.69) is 36.2 Å². The Labute approximate surface area is 118 Å². The highest BCUT2D eigenvalue weighted by Crippen LogP contribution is 2.41. The Hall–Kier alpha value is -0.100. The first kappa shape index (κ1) is 14.3. The molecule has 0 saturated carbocycles. The molecule has 1 aromatic heterocycles. The third-order valence-corrected chi connectivity index (χ3v) is 6.11. The van der Waals surface area contributed by atoms with Gasteiger partial charge in [0.1, 0.15) is 0 Å². The van der Waals surface area contributed by atoms with E-state index in [-0.39, 0.29) is 5.54 Å². The number of thiazole rings is 1. The molecule has 0 spiro atoms. The first-order valence-corrected chi connectivity index (χ1v) is 8.43. The zero-order chi connectivity index (χ0) is 13.2. The Morgan fingerprint density at radius 2 is 2.22 bits per heavy atom. The predicted molar refractivity (Wildman–Crippen MR) is 81.1 cm³/mol. The van der Waals surface area contributed by atoms with Gasteiger partial charge in [0.15, 0.2) is 0 Å². The summed E-state index contributed by atoms with van der Waals surface area (Å²) in [5.74, 6) is 2.37. The fourth-order valence-corrected chi connectivity index (χ4v) is 4.90. The van der Waals surface area contributed by atoms with Gasteiger partial charge in [-0.15, -0.1) is 11.3 Å². The van der Waals surface area contributed by atoms with Crippen LogP contribution < -0.4 is 5.73 Å². The maximum atomic E-state index is 6.12. The van der Waals surface area contributed by atoms with Crippen molar-refractivity contribution in [2.75, 3.05) is 25.1 Å². The summed E-state index contributed by atoms with van der Waals surface area (Å²) in [5, 5.41) is 2.13. The molecule has 0 amide bonds. The molecule has 18 heavy (non-hydrogen) atoms. The van der Waals surface area contributed by atoms with Crippen molar-refractivity contribution in [3.8, 4) is 0 Å². The molecule has 3 nitrogen and oxygen atoms in total. The molecule has 2 heterocycles. The predicted octanol–water partition coefficient (Wildman–Crippen LogP) is 2.44. The molecule has 5 heteroatoms. The van der Waals surface area contributed by atoms with Crippen LogP contribution in [0.3, 0.4) is 0 Å². The van der Waals surface area contributed by atoms with Crippen molar-refractivity contribution in [3.63, 3.8) is 0 Å². The van der Waals surface area contributed by atoms with Gasteiger partial charge in [-0.2, -0.15) is 11.8 Å². The second-order valence-corrected chi connectivity index (χ2v) is 7.80. The van der Waals surface area contributed by atoms with E-state index in [1.165, 1.54) is 12.2 Å². The lowest BCUT2D eigenvalue weighted by molar-refractivity contribution is 0.0860. The molecule has 1 atom stereocenters. The van der Waals surface area contributed by atoms with Crippen molar-refractivity contribution in [1.29, 1.82) is 0 Å². The molecule has 2 rings (SSSR count). The van der Waals surface area contributed by atoms with E-state index in [0.29, 0.717) is 5.41 Å². The van der Waals surface area contributed by atoms with Gasteiger partial charge in [0.05, 0.1) is 11.2 Å². The summed E-state index contributed by atoms with van der Waals surface area (Å²) in [7, 11) is 2.19. The van der Waals surface area contributed by atoms with Gasteiger partial charge in [-0.05, 0) is 24.6 Å². The van der Waals surface area contributed by atoms with Gasteiger partial charge in [0.2, 0.25) is 0 Å². The fraction of sp³-hybridized carbons (Fsp3) is 0.769. The molecule has 2 N–H and O–H groups in total. The Kier molecular flexibility index (Phi) is 4.36. The van der Waals surface area contributed by atoms with E-state index in [4.69, 9.17) is 5.73 Å². The van der Waals surface area contributed by atoms with E-state index >= 15 is 0 Å². The van der Waals surface area contributed by atoms with Crippen LogP contribution in [-0.2, 0) is 6.54 Å². The van der Waals surface area contributed by atoms with Crippen molar-refractivity contribution < 1.29 is 0 Å². The van der Waals surface area contributed by atoms with Crippen molar-refractivity contribution in [1.82, 2.24) is 9.88 Å². The van der Waals surface area contributed by atoms with E-state index in [0.717, 1.165) is 24.5 Å². The minimum Gasteiger partial charge on any atom is -0.329 e. The number of thioether (sulfide) groups is 1. The molecular weight excluding hydrogens is 262 g/mol. The fourth-order valence-electron chi connectivity index (χ4n) is 2.77. The number of likely N-dealkylation sites (N-methyl/N-ethyl adjacent to an activating group) is 1. The molecule has 1 aromatic rings. The Morgan fingerprint density at radius 1 is 1.44 bits per heavy atom. The lowest BCUT2D eigenvalue weighted by atomic mass is 9.79. The quantitative estimate of drug-likeness (QED) is 0.922. The lowest BCUT2D eigenvalue weighted by Gasteiger charge is -2.49. The van der Waals surface area contributed by atoms with E-state index in [1.807, 2.05) is 17.3 Å². The van der Waals surface area contributed by atoms with Crippen LogP contribution in [0.25, 0.3) is 0 Å². The number of nitrogens with two attached hydrogens (primary N) is 1.